The summed E-state index contributed by atoms with van der Waals surface area (Å²) in [6, 6.07) is 1.39. The summed E-state index contributed by atoms with van der Waals surface area (Å²) in [6.45, 7) is 1.01. The molecule has 1 aromatic carbocycles. The van der Waals surface area contributed by atoms with Crippen LogP contribution in [0.2, 0.25) is 0 Å². The first-order valence-corrected chi connectivity index (χ1v) is 8.93. The van der Waals surface area contributed by atoms with Gasteiger partial charge in [0.2, 0.25) is 10.0 Å². The molecule has 2 aromatic rings. The van der Waals surface area contributed by atoms with Gasteiger partial charge in [-0.3, -0.25) is 0 Å². The summed E-state index contributed by atoms with van der Waals surface area (Å²) in [5, 5.41) is 0. The number of benzene rings is 1. The molecule has 2 heterocycles. The van der Waals surface area contributed by atoms with Crippen LogP contribution in [0.1, 0.15) is 12.8 Å². The van der Waals surface area contributed by atoms with Crippen LogP contribution in [-0.2, 0) is 16.6 Å². The van der Waals surface area contributed by atoms with Gasteiger partial charge in [-0.15, -0.1) is 0 Å². The first-order chi connectivity index (χ1) is 11.4. The predicted octanol–water partition coefficient (Wildman–Crippen LogP) is 2.40. The van der Waals surface area contributed by atoms with Crippen LogP contribution in [0, 0.1) is 23.4 Å². The maximum atomic E-state index is 13.9. The van der Waals surface area contributed by atoms with E-state index < -0.39 is 32.4 Å². The molecule has 0 N–H and O–H groups in total. The lowest BCUT2D eigenvalue weighted by Gasteiger charge is -2.32. The fraction of sp³-hybridized carbons (Fsp3) is 0.400. The van der Waals surface area contributed by atoms with E-state index in [-0.39, 0.29) is 19.0 Å². The van der Waals surface area contributed by atoms with Gasteiger partial charge in [0.15, 0.2) is 17.5 Å². The van der Waals surface area contributed by atoms with E-state index in [1.54, 1.807) is 18.7 Å². The van der Waals surface area contributed by atoms with Crippen LogP contribution in [-0.4, -0.2) is 35.4 Å². The fourth-order valence-electron chi connectivity index (χ4n) is 2.93. The van der Waals surface area contributed by atoms with E-state index in [1.165, 1.54) is 0 Å². The van der Waals surface area contributed by atoms with Gasteiger partial charge in [0, 0.05) is 32.0 Å². The molecule has 0 spiro atoms. The fourth-order valence-corrected chi connectivity index (χ4v) is 4.54. The van der Waals surface area contributed by atoms with Crippen molar-refractivity contribution in [1.29, 1.82) is 0 Å². The highest BCUT2D eigenvalue weighted by Crippen LogP contribution is 2.27. The Morgan fingerprint density at radius 1 is 1.21 bits per heavy atom. The molecule has 1 saturated heterocycles. The third kappa shape index (κ3) is 3.18. The quantitative estimate of drug-likeness (QED) is 0.788. The summed E-state index contributed by atoms with van der Waals surface area (Å²) in [5.74, 6) is -4.83. The van der Waals surface area contributed by atoms with E-state index in [9.17, 15) is 21.6 Å². The van der Waals surface area contributed by atoms with Gasteiger partial charge in [0.1, 0.15) is 4.90 Å². The normalized spacial score (nSPS) is 19.5. The second-order valence-corrected chi connectivity index (χ2v) is 7.71. The van der Waals surface area contributed by atoms with Crippen LogP contribution in [0.4, 0.5) is 13.2 Å². The van der Waals surface area contributed by atoms with Crippen molar-refractivity contribution in [2.75, 3.05) is 13.1 Å². The molecule has 130 valence electrons. The van der Waals surface area contributed by atoms with E-state index in [0.717, 1.165) is 16.8 Å². The minimum atomic E-state index is -4.22. The molecule has 5 nitrogen and oxygen atoms in total. The van der Waals surface area contributed by atoms with Gasteiger partial charge in [-0.1, -0.05) is 0 Å². The highest BCUT2D eigenvalue weighted by atomic mass is 32.2. The molecule has 1 aliphatic heterocycles. The molecule has 1 aromatic heterocycles. The maximum absolute atomic E-state index is 13.9. The number of piperidine rings is 1. The first kappa shape index (κ1) is 17.0. The topological polar surface area (TPSA) is 55.2 Å². The number of aromatic nitrogens is 2. The Morgan fingerprint density at radius 3 is 2.71 bits per heavy atom. The Kier molecular flexibility index (Phi) is 4.64. The zero-order chi connectivity index (χ0) is 17.3. The number of rotatable bonds is 4. The van der Waals surface area contributed by atoms with E-state index >= 15 is 0 Å². The van der Waals surface area contributed by atoms with Gasteiger partial charge in [-0.25, -0.2) is 26.6 Å². The average molecular weight is 359 g/mol. The van der Waals surface area contributed by atoms with Crippen LogP contribution >= 0.6 is 0 Å². The summed E-state index contributed by atoms with van der Waals surface area (Å²) in [5.41, 5.74) is 0. The molecule has 1 atom stereocenters. The monoisotopic (exact) mass is 359 g/mol. The van der Waals surface area contributed by atoms with Crippen molar-refractivity contribution in [2.24, 2.45) is 5.92 Å². The molecule has 9 heteroatoms. The summed E-state index contributed by atoms with van der Waals surface area (Å²) >= 11 is 0. The van der Waals surface area contributed by atoms with Crippen molar-refractivity contribution < 1.29 is 21.6 Å². The lowest BCUT2D eigenvalue weighted by Crippen LogP contribution is -2.41. The van der Waals surface area contributed by atoms with Crippen molar-refractivity contribution in [2.45, 2.75) is 24.3 Å². The van der Waals surface area contributed by atoms with Gasteiger partial charge in [0.25, 0.3) is 0 Å². The van der Waals surface area contributed by atoms with E-state index in [0.29, 0.717) is 19.0 Å². The Balaban J connectivity index is 1.83. The van der Waals surface area contributed by atoms with E-state index in [4.69, 9.17) is 0 Å². The lowest BCUT2D eigenvalue weighted by atomic mass is 10.00. The Labute approximate surface area is 137 Å². The molecule has 24 heavy (non-hydrogen) atoms. The summed E-state index contributed by atoms with van der Waals surface area (Å²) in [6.07, 6.45) is 6.49. The predicted molar refractivity (Wildman–Crippen MR) is 80.0 cm³/mol. The molecule has 0 amide bonds. The highest BCUT2D eigenvalue weighted by Gasteiger charge is 2.33. The van der Waals surface area contributed by atoms with E-state index in [1.807, 2.05) is 4.57 Å². The van der Waals surface area contributed by atoms with E-state index in [2.05, 4.69) is 4.98 Å². The molecule has 1 unspecified atom stereocenters. The van der Waals surface area contributed by atoms with Crippen molar-refractivity contribution in [3.63, 3.8) is 0 Å². The van der Waals surface area contributed by atoms with Crippen LogP contribution in [0.25, 0.3) is 0 Å². The third-order valence-corrected chi connectivity index (χ3v) is 6.01. The zero-order valence-corrected chi connectivity index (χ0v) is 13.5. The van der Waals surface area contributed by atoms with Crippen molar-refractivity contribution in [1.82, 2.24) is 13.9 Å². The van der Waals surface area contributed by atoms with Crippen molar-refractivity contribution in [3.05, 3.63) is 48.3 Å². The van der Waals surface area contributed by atoms with Crippen molar-refractivity contribution >= 4 is 10.0 Å². The first-order valence-electron chi connectivity index (χ1n) is 7.49. The molecule has 0 aliphatic carbocycles. The molecule has 0 saturated carbocycles. The maximum Gasteiger partial charge on any atom is 0.246 e. The summed E-state index contributed by atoms with van der Waals surface area (Å²) < 4.78 is 68.5. The molecule has 1 fully saturated rings. The smallest absolute Gasteiger partial charge is 0.246 e. The van der Waals surface area contributed by atoms with Crippen LogP contribution in [0.15, 0.2) is 35.7 Å². The molecule has 0 radical (unpaired) electrons. The number of imidazole rings is 1. The molecular weight excluding hydrogens is 343 g/mol. The SMILES string of the molecule is O=S(=O)(c1ccc(F)c(F)c1F)N1CCCC(Cn2ccnc2)C1. The largest absolute Gasteiger partial charge is 0.337 e. The standard InChI is InChI=1S/C15H16F3N3O2S/c16-12-3-4-13(15(18)14(12)17)24(22,23)21-6-1-2-11(9-21)8-20-7-5-19-10-20/h3-5,7,10-11H,1-2,6,8-9H2. The van der Waals surface area contributed by atoms with Gasteiger partial charge >= 0.3 is 0 Å². The van der Waals surface area contributed by atoms with Crippen LogP contribution in [0.5, 0.6) is 0 Å². The minimum Gasteiger partial charge on any atom is -0.337 e. The third-order valence-electron chi connectivity index (χ3n) is 4.13. The van der Waals surface area contributed by atoms with Crippen LogP contribution in [0.3, 0.4) is 0 Å². The zero-order valence-electron chi connectivity index (χ0n) is 12.7. The summed E-state index contributed by atoms with van der Waals surface area (Å²) in [7, 11) is -4.22. The molecular formula is C15H16F3N3O2S. The van der Waals surface area contributed by atoms with Gasteiger partial charge in [0.05, 0.1) is 6.33 Å². The molecule has 3 rings (SSSR count). The Morgan fingerprint density at radius 2 is 2.00 bits per heavy atom. The number of hydrogen-bond acceptors (Lipinski definition) is 3. The minimum absolute atomic E-state index is 0.0380. The summed E-state index contributed by atoms with van der Waals surface area (Å²) in [4.78, 5) is 3.11. The number of sulfonamides is 1. The molecule has 1 aliphatic rings. The Hall–Kier alpha value is -1.87. The van der Waals surface area contributed by atoms with Gasteiger partial charge < -0.3 is 4.57 Å². The van der Waals surface area contributed by atoms with Crippen molar-refractivity contribution in [3.8, 4) is 0 Å². The molecule has 0 bridgehead atoms. The average Bonchev–Trinajstić information content (AvgIpc) is 3.05. The number of nitrogens with zero attached hydrogens (tertiary/aromatic N) is 3. The Bertz CT molecular complexity index is 825. The second kappa shape index (κ2) is 6.56. The number of hydrogen-bond donors (Lipinski definition) is 0. The second-order valence-electron chi connectivity index (χ2n) is 5.80. The van der Waals surface area contributed by atoms with Gasteiger partial charge in [-0.2, -0.15) is 4.31 Å². The van der Waals surface area contributed by atoms with Crippen LogP contribution < -0.4 is 0 Å². The lowest BCUT2D eigenvalue weighted by molar-refractivity contribution is 0.244. The number of halogens is 3. The highest BCUT2D eigenvalue weighted by molar-refractivity contribution is 7.89. The van der Waals surface area contributed by atoms with Gasteiger partial charge in [-0.05, 0) is 30.9 Å².